The van der Waals surface area contributed by atoms with Gasteiger partial charge in [0.05, 0.1) is 17.0 Å². The smallest absolute Gasteiger partial charge is 0.416 e. The molecule has 1 rings (SSSR count). The zero-order valence-corrected chi connectivity index (χ0v) is 8.81. The van der Waals surface area contributed by atoms with Gasteiger partial charge in [-0.25, -0.2) is 4.98 Å². The fraction of sp³-hybridized carbons (Fsp3) is 0.333. The Hall–Kier alpha value is -1.24. The number of pyridine rings is 1. The lowest BCUT2D eigenvalue weighted by molar-refractivity contribution is -0.138. The average molecular weight is 251 g/mol. The normalized spacial score (nSPS) is 11.4. The summed E-state index contributed by atoms with van der Waals surface area (Å²) in [6.07, 6.45) is -3.44. The number of carboxylic acid groups (broad SMARTS) is 1. The average Bonchev–Trinajstić information content (AvgIpc) is 2.16. The summed E-state index contributed by atoms with van der Waals surface area (Å²) in [7, 11) is 0. The number of thioether (sulfide) groups is 1. The van der Waals surface area contributed by atoms with Crippen LogP contribution in [0.5, 0.6) is 0 Å². The van der Waals surface area contributed by atoms with E-state index in [0.29, 0.717) is 0 Å². The molecule has 0 aromatic carbocycles. The molecule has 1 heterocycles. The van der Waals surface area contributed by atoms with Gasteiger partial charge in [-0.15, -0.1) is 11.8 Å². The van der Waals surface area contributed by atoms with Crippen molar-refractivity contribution in [1.82, 2.24) is 4.98 Å². The summed E-state index contributed by atoms with van der Waals surface area (Å²) in [6.45, 7) is 0. The Labute approximate surface area is 93.7 Å². The van der Waals surface area contributed by atoms with Gasteiger partial charge < -0.3 is 5.11 Å². The Morgan fingerprint density at radius 1 is 1.50 bits per heavy atom. The number of hydrogen-bond donors (Lipinski definition) is 1. The molecular formula is C9H8F3NO2S. The Bertz CT molecular complexity index is 381. The van der Waals surface area contributed by atoms with Crippen LogP contribution in [0.4, 0.5) is 13.2 Å². The third-order valence-electron chi connectivity index (χ3n) is 1.63. The Kier molecular flexibility index (Phi) is 4.17. The van der Waals surface area contributed by atoms with Gasteiger partial charge in [-0.3, -0.25) is 4.79 Å². The summed E-state index contributed by atoms with van der Waals surface area (Å²) in [6, 6.07) is 1.79. The number of carboxylic acids is 1. The van der Waals surface area contributed by atoms with Gasteiger partial charge in [-0.2, -0.15) is 13.2 Å². The minimum absolute atomic E-state index is 0.109. The molecule has 0 aliphatic heterocycles. The molecule has 16 heavy (non-hydrogen) atoms. The lowest BCUT2D eigenvalue weighted by Crippen LogP contribution is -2.05. The van der Waals surface area contributed by atoms with Gasteiger partial charge in [0.15, 0.2) is 0 Å². The van der Waals surface area contributed by atoms with Crippen molar-refractivity contribution >= 4 is 17.7 Å². The van der Waals surface area contributed by atoms with Gasteiger partial charge in [0.2, 0.25) is 0 Å². The summed E-state index contributed by atoms with van der Waals surface area (Å²) in [4.78, 5) is 13.9. The van der Waals surface area contributed by atoms with Crippen LogP contribution in [0.3, 0.4) is 0 Å². The first-order valence-electron chi connectivity index (χ1n) is 4.27. The lowest BCUT2D eigenvalue weighted by Gasteiger charge is -2.07. The van der Waals surface area contributed by atoms with Crippen molar-refractivity contribution < 1.29 is 23.1 Å². The maximum atomic E-state index is 12.3. The van der Waals surface area contributed by atoms with Crippen LogP contribution >= 0.6 is 11.8 Å². The zero-order valence-electron chi connectivity index (χ0n) is 7.99. The third-order valence-corrected chi connectivity index (χ3v) is 2.56. The van der Waals surface area contributed by atoms with E-state index in [-0.39, 0.29) is 17.2 Å². The second-order valence-electron chi connectivity index (χ2n) is 2.87. The van der Waals surface area contributed by atoms with Gasteiger partial charge in [-0.1, -0.05) is 0 Å². The number of halogens is 3. The second kappa shape index (κ2) is 5.20. The van der Waals surface area contributed by atoms with E-state index in [4.69, 9.17) is 5.11 Å². The van der Waals surface area contributed by atoms with Crippen molar-refractivity contribution in [2.75, 3.05) is 5.75 Å². The van der Waals surface area contributed by atoms with E-state index in [9.17, 15) is 18.0 Å². The lowest BCUT2D eigenvalue weighted by atomic mass is 10.3. The monoisotopic (exact) mass is 251 g/mol. The zero-order chi connectivity index (χ0) is 12.2. The van der Waals surface area contributed by atoms with Crippen molar-refractivity contribution in [3.05, 3.63) is 23.9 Å². The molecule has 0 atom stereocenters. The standard InChI is InChI=1S/C9H8F3NO2S/c10-9(11,12)6-1-3-13-7(5-6)16-4-2-8(14)15/h1,3,5H,2,4H2,(H,14,15). The molecule has 0 radical (unpaired) electrons. The van der Waals surface area contributed by atoms with Crippen LogP contribution < -0.4 is 0 Å². The van der Waals surface area contributed by atoms with Gasteiger partial charge in [0.25, 0.3) is 0 Å². The SMILES string of the molecule is O=C(O)CCSc1cc(C(F)(F)F)ccn1. The molecule has 0 aliphatic carbocycles. The molecule has 0 bridgehead atoms. The van der Waals surface area contributed by atoms with E-state index in [0.717, 1.165) is 30.1 Å². The van der Waals surface area contributed by atoms with E-state index >= 15 is 0 Å². The summed E-state index contributed by atoms with van der Waals surface area (Å²) in [5.74, 6) is -0.789. The van der Waals surface area contributed by atoms with Gasteiger partial charge >= 0.3 is 12.1 Å². The van der Waals surface area contributed by atoms with Crippen molar-refractivity contribution in [2.24, 2.45) is 0 Å². The van der Waals surface area contributed by atoms with Crippen molar-refractivity contribution in [3.8, 4) is 0 Å². The van der Waals surface area contributed by atoms with E-state index in [1.807, 2.05) is 0 Å². The van der Waals surface area contributed by atoms with Crippen molar-refractivity contribution in [2.45, 2.75) is 17.6 Å². The molecule has 0 saturated heterocycles. The predicted molar refractivity (Wildman–Crippen MR) is 52.2 cm³/mol. The second-order valence-corrected chi connectivity index (χ2v) is 3.99. The highest BCUT2D eigenvalue weighted by atomic mass is 32.2. The van der Waals surface area contributed by atoms with Crippen LogP contribution in [0.15, 0.2) is 23.4 Å². The molecule has 3 nitrogen and oxygen atoms in total. The molecule has 1 N–H and O–H groups in total. The molecule has 0 fully saturated rings. The molecule has 0 spiro atoms. The predicted octanol–water partition coefficient (Wildman–Crippen LogP) is 2.67. The molecule has 1 aromatic heterocycles. The number of aromatic nitrogens is 1. The van der Waals surface area contributed by atoms with E-state index in [1.54, 1.807) is 0 Å². The van der Waals surface area contributed by atoms with Gasteiger partial charge in [0.1, 0.15) is 0 Å². The summed E-state index contributed by atoms with van der Waals surface area (Å²) >= 11 is 0.987. The van der Waals surface area contributed by atoms with Gasteiger partial charge in [0, 0.05) is 11.9 Å². The van der Waals surface area contributed by atoms with Crippen LogP contribution in [-0.4, -0.2) is 21.8 Å². The Balaban J connectivity index is 2.64. The van der Waals surface area contributed by atoms with Gasteiger partial charge in [-0.05, 0) is 12.1 Å². The van der Waals surface area contributed by atoms with E-state index in [1.165, 1.54) is 0 Å². The topological polar surface area (TPSA) is 50.2 Å². The molecule has 0 unspecified atom stereocenters. The van der Waals surface area contributed by atoms with Crippen LogP contribution in [-0.2, 0) is 11.0 Å². The highest BCUT2D eigenvalue weighted by Crippen LogP contribution is 2.30. The number of nitrogens with zero attached hydrogens (tertiary/aromatic N) is 1. The highest BCUT2D eigenvalue weighted by molar-refractivity contribution is 7.99. The number of rotatable bonds is 4. The number of hydrogen-bond acceptors (Lipinski definition) is 3. The van der Waals surface area contributed by atoms with Crippen LogP contribution in [0.2, 0.25) is 0 Å². The summed E-state index contributed by atoms with van der Waals surface area (Å²) in [5.41, 5.74) is -0.777. The summed E-state index contributed by atoms with van der Waals surface area (Å²) < 4.78 is 36.9. The molecule has 1 aromatic rings. The quantitative estimate of drug-likeness (QED) is 0.836. The maximum Gasteiger partial charge on any atom is 0.416 e. The molecule has 7 heteroatoms. The number of aliphatic carboxylic acids is 1. The molecule has 0 aliphatic rings. The largest absolute Gasteiger partial charge is 0.481 e. The minimum atomic E-state index is -4.40. The van der Waals surface area contributed by atoms with Crippen molar-refractivity contribution in [3.63, 3.8) is 0 Å². The third kappa shape index (κ3) is 4.09. The number of carbonyl (C=O) groups is 1. The first-order valence-corrected chi connectivity index (χ1v) is 5.26. The van der Waals surface area contributed by atoms with E-state index < -0.39 is 17.7 Å². The van der Waals surface area contributed by atoms with Crippen LogP contribution in [0.1, 0.15) is 12.0 Å². The highest BCUT2D eigenvalue weighted by Gasteiger charge is 2.30. The Morgan fingerprint density at radius 3 is 2.75 bits per heavy atom. The molecular weight excluding hydrogens is 243 g/mol. The fourth-order valence-corrected chi connectivity index (χ4v) is 1.74. The summed E-state index contributed by atoms with van der Waals surface area (Å²) in [5, 5.41) is 8.54. The Morgan fingerprint density at radius 2 is 2.19 bits per heavy atom. The molecule has 0 amide bonds. The van der Waals surface area contributed by atoms with Crippen LogP contribution in [0.25, 0.3) is 0 Å². The first kappa shape index (κ1) is 12.8. The molecule has 88 valence electrons. The van der Waals surface area contributed by atoms with Crippen molar-refractivity contribution in [1.29, 1.82) is 0 Å². The fourth-order valence-electron chi connectivity index (χ4n) is 0.908. The first-order chi connectivity index (χ1) is 7.39. The number of alkyl halides is 3. The maximum absolute atomic E-state index is 12.3. The van der Waals surface area contributed by atoms with E-state index in [2.05, 4.69) is 4.98 Å². The minimum Gasteiger partial charge on any atom is -0.481 e. The molecule has 0 saturated carbocycles. The van der Waals surface area contributed by atoms with Crippen LogP contribution in [0, 0.1) is 0 Å².